The summed E-state index contributed by atoms with van der Waals surface area (Å²) in [5.41, 5.74) is 0.139. The summed E-state index contributed by atoms with van der Waals surface area (Å²) in [6.45, 7) is 9.76. The maximum atomic E-state index is 9.76. The number of nitrogens with one attached hydrogen (secondary N) is 1. The Balaban J connectivity index is 1.74. The molecular weight excluding hydrogens is 212 g/mol. The molecule has 0 aromatic rings. The van der Waals surface area contributed by atoms with Gasteiger partial charge < -0.3 is 15.3 Å². The van der Waals surface area contributed by atoms with E-state index < -0.39 is 5.60 Å². The monoisotopic (exact) mass is 240 g/mol. The van der Waals surface area contributed by atoms with Crippen LogP contribution >= 0.6 is 0 Å². The average Bonchev–Trinajstić information content (AvgIpc) is 2.29. The summed E-state index contributed by atoms with van der Waals surface area (Å²) in [6, 6.07) is 0. The molecule has 1 spiro atoms. The number of hydrogen-bond acceptors (Lipinski definition) is 3. The second-order valence-electron chi connectivity index (χ2n) is 6.65. The first-order chi connectivity index (χ1) is 7.99. The third kappa shape index (κ3) is 3.94. The van der Waals surface area contributed by atoms with E-state index in [0.29, 0.717) is 5.41 Å². The molecule has 0 unspecified atom stereocenters. The van der Waals surface area contributed by atoms with Crippen LogP contribution in [0, 0.1) is 5.41 Å². The molecule has 3 nitrogen and oxygen atoms in total. The van der Waals surface area contributed by atoms with Gasteiger partial charge in [-0.3, -0.25) is 0 Å². The van der Waals surface area contributed by atoms with Crippen LogP contribution in [-0.4, -0.2) is 48.3 Å². The predicted octanol–water partition coefficient (Wildman–Crippen LogP) is 1.61. The highest BCUT2D eigenvalue weighted by atomic mass is 16.3. The number of piperidine rings is 2. The zero-order valence-electron chi connectivity index (χ0n) is 11.5. The molecule has 2 aliphatic rings. The molecule has 2 N–H and O–H groups in total. The number of nitrogens with zero attached hydrogens (tertiary/aromatic N) is 1. The van der Waals surface area contributed by atoms with Crippen molar-refractivity contribution >= 4 is 0 Å². The van der Waals surface area contributed by atoms with Crippen LogP contribution in [0.4, 0.5) is 0 Å². The minimum atomic E-state index is -0.510. The molecule has 0 atom stereocenters. The van der Waals surface area contributed by atoms with E-state index in [9.17, 15) is 5.11 Å². The molecule has 2 saturated heterocycles. The fourth-order valence-electron chi connectivity index (χ4n) is 3.14. The van der Waals surface area contributed by atoms with Crippen molar-refractivity contribution in [1.29, 1.82) is 0 Å². The second kappa shape index (κ2) is 5.25. The van der Waals surface area contributed by atoms with E-state index in [2.05, 4.69) is 10.2 Å². The smallest absolute Gasteiger partial charge is 0.0603 e. The van der Waals surface area contributed by atoms with Crippen molar-refractivity contribution in [2.24, 2.45) is 5.41 Å². The van der Waals surface area contributed by atoms with E-state index in [1.165, 1.54) is 51.9 Å². The van der Waals surface area contributed by atoms with E-state index in [1.807, 2.05) is 13.8 Å². The molecule has 0 amide bonds. The Morgan fingerprint density at radius 2 is 1.71 bits per heavy atom. The minimum absolute atomic E-state index is 0.510. The normalized spacial score (nSPS) is 26.3. The molecule has 2 fully saturated rings. The number of aliphatic hydroxyl groups is 1. The van der Waals surface area contributed by atoms with Crippen molar-refractivity contribution in [1.82, 2.24) is 10.2 Å². The van der Waals surface area contributed by atoms with E-state index in [0.717, 1.165) is 13.0 Å². The first-order valence-corrected chi connectivity index (χ1v) is 7.15. The molecule has 100 valence electrons. The van der Waals surface area contributed by atoms with E-state index in [-0.39, 0.29) is 0 Å². The van der Waals surface area contributed by atoms with Crippen LogP contribution in [0.15, 0.2) is 0 Å². The third-order valence-corrected chi connectivity index (χ3v) is 4.62. The lowest BCUT2D eigenvalue weighted by molar-refractivity contribution is 0.0344. The Bertz CT molecular complexity index is 231. The van der Waals surface area contributed by atoms with Crippen molar-refractivity contribution in [3.8, 4) is 0 Å². The van der Waals surface area contributed by atoms with Crippen molar-refractivity contribution in [3.63, 3.8) is 0 Å². The van der Waals surface area contributed by atoms with Gasteiger partial charge in [-0.1, -0.05) is 0 Å². The van der Waals surface area contributed by atoms with Gasteiger partial charge in [0.1, 0.15) is 0 Å². The maximum absolute atomic E-state index is 9.76. The summed E-state index contributed by atoms with van der Waals surface area (Å²) >= 11 is 0. The average molecular weight is 240 g/mol. The topological polar surface area (TPSA) is 35.5 Å². The maximum Gasteiger partial charge on any atom is 0.0603 e. The van der Waals surface area contributed by atoms with Gasteiger partial charge in [0.25, 0.3) is 0 Å². The summed E-state index contributed by atoms with van der Waals surface area (Å²) in [5, 5.41) is 13.2. The molecule has 17 heavy (non-hydrogen) atoms. The SMILES string of the molecule is CC(C)(O)CCN1CCC2(CCNCC2)CC1. The van der Waals surface area contributed by atoms with Gasteiger partial charge in [-0.05, 0) is 77.5 Å². The summed E-state index contributed by atoms with van der Waals surface area (Å²) in [4.78, 5) is 2.53. The highest BCUT2D eigenvalue weighted by Gasteiger charge is 2.35. The highest BCUT2D eigenvalue weighted by Crippen LogP contribution is 2.39. The van der Waals surface area contributed by atoms with Gasteiger partial charge >= 0.3 is 0 Å². The van der Waals surface area contributed by atoms with Crippen LogP contribution in [0.2, 0.25) is 0 Å². The highest BCUT2D eigenvalue weighted by molar-refractivity contribution is 4.89. The van der Waals surface area contributed by atoms with Gasteiger partial charge in [0.15, 0.2) is 0 Å². The van der Waals surface area contributed by atoms with Crippen LogP contribution in [0.25, 0.3) is 0 Å². The summed E-state index contributed by atoms with van der Waals surface area (Å²) < 4.78 is 0. The second-order valence-corrected chi connectivity index (χ2v) is 6.65. The van der Waals surface area contributed by atoms with Crippen LogP contribution in [0.1, 0.15) is 46.0 Å². The zero-order chi connectivity index (χ0) is 12.4. The summed E-state index contributed by atoms with van der Waals surface area (Å²) in [5.74, 6) is 0. The molecular formula is C14H28N2O. The molecule has 2 rings (SSSR count). The molecule has 0 aromatic heterocycles. The van der Waals surface area contributed by atoms with E-state index >= 15 is 0 Å². The van der Waals surface area contributed by atoms with Crippen molar-refractivity contribution in [2.75, 3.05) is 32.7 Å². The molecule has 0 aromatic carbocycles. The van der Waals surface area contributed by atoms with Crippen LogP contribution < -0.4 is 5.32 Å². The first-order valence-electron chi connectivity index (χ1n) is 7.15. The lowest BCUT2D eigenvalue weighted by Gasteiger charge is -2.44. The standard InChI is InChI=1S/C14H28N2O/c1-13(2,17)5-10-16-11-6-14(7-12-16)3-8-15-9-4-14/h15,17H,3-12H2,1-2H3. The minimum Gasteiger partial charge on any atom is -0.390 e. The Morgan fingerprint density at radius 1 is 1.12 bits per heavy atom. The summed E-state index contributed by atoms with van der Waals surface area (Å²) in [6.07, 6.45) is 6.35. The predicted molar refractivity (Wildman–Crippen MR) is 71.1 cm³/mol. The molecule has 2 heterocycles. The largest absolute Gasteiger partial charge is 0.390 e. The van der Waals surface area contributed by atoms with Crippen LogP contribution in [0.5, 0.6) is 0 Å². The van der Waals surface area contributed by atoms with Gasteiger partial charge in [-0.15, -0.1) is 0 Å². The Hall–Kier alpha value is -0.120. The molecule has 0 saturated carbocycles. The Morgan fingerprint density at radius 3 is 2.24 bits per heavy atom. The molecule has 2 aliphatic heterocycles. The Kier molecular flexibility index (Phi) is 4.11. The molecule has 0 bridgehead atoms. The Labute approximate surface area is 106 Å². The van der Waals surface area contributed by atoms with Gasteiger partial charge in [-0.25, -0.2) is 0 Å². The van der Waals surface area contributed by atoms with Gasteiger partial charge in [-0.2, -0.15) is 0 Å². The van der Waals surface area contributed by atoms with Crippen molar-refractivity contribution < 1.29 is 5.11 Å². The lowest BCUT2D eigenvalue weighted by Crippen LogP contribution is -2.46. The summed E-state index contributed by atoms with van der Waals surface area (Å²) in [7, 11) is 0. The molecule has 0 radical (unpaired) electrons. The van der Waals surface area contributed by atoms with E-state index in [1.54, 1.807) is 0 Å². The quantitative estimate of drug-likeness (QED) is 0.787. The van der Waals surface area contributed by atoms with Gasteiger partial charge in [0, 0.05) is 6.54 Å². The first kappa shape index (κ1) is 13.3. The number of rotatable bonds is 3. The third-order valence-electron chi connectivity index (χ3n) is 4.62. The van der Waals surface area contributed by atoms with Crippen LogP contribution in [0.3, 0.4) is 0 Å². The zero-order valence-corrected chi connectivity index (χ0v) is 11.5. The number of hydrogen-bond donors (Lipinski definition) is 2. The fraction of sp³-hybridized carbons (Fsp3) is 1.00. The number of likely N-dealkylation sites (tertiary alicyclic amines) is 1. The van der Waals surface area contributed by atoms with Gasteiger partial charge in [0.05, 0.1) is 5.60 Å². The van der Waals surface area contributed by atoms with Crippen LogP contribution in [-0.2, 0) is 0 Å². The van der Waals surface area contributed by atoms with Crippen molar-refractivity contribution in [3.05, 3.63) is 0 Å². The molecule has 0 aliphatic carbocycles. The van der Waals surface area contributed by atoms with Crippen molar-refractivity contribution in [2.45, 2.75) is 51.6 Å². The molecule has 3 heteroatoms. The van der Waals surface area contributed by atoms with Gasteiger partial charge in [0.2, 0.25) is 0 Å². The fourth-order valence-corrected chi connectivity index (χ4v) is 3.14. The van der Waals surface area contributed by atoms with E-state index in [4.69, 9.17) is 0 Å². The lowest BCUT2D eigenvalue weighted by atomic mass is 9.71.